The molecule has 0 amide bonds. The van der Waals surface area contributed by atoms with Gasteiger partial charge in [-0.05, 0) is 42.0 Å². The van der Waals surface area contributed by atoms with Crippen LogP contribution in [0.25, 0.3) is 27.5 Å². The summed E-state index contributed by atoms with van der Waals surface area (Å²) in [7, 11) is 0. The minimum Gasteiger partial charge on any atom is -0.317 e. The van der Waals surface area contributed by atoms with E-state index in [0.717, 1.165) is 12.1 Å². The first-order valence-corrected chi connectivity index (χ1v) is 10.3. The number of thioether (sulfide) groups is 1. The van der Waals surface area contributed by atoms with Crippen LogP contribution in [-0.2, 0) is 6.54 Å². The van der Waals surface area contributed by atoms with E-state index < -0.39 is 0 Å². The second kappa shape index (κ2) is 7.93. The number of rotatable bonds is 3. The van der Waals surface area contributed by atoms with Gasteiger partial charge < -0.3 is 4.57 Å². The molecule has 0 aliphatic carbocycles. The van der Waals surface area contributed by atoms with E-state index in [1.807, 2.05) is 12.3 Å². The van der Waals surface area contributed by atoms with Gasteiger partial charge in [0.2, 0.25) is 0 Å². The van der Waals surface area contributed by atoms with Gasteiger partial charge >= 0.3 is 0 Å². The maximum atomic E-state index is 4.43. The Kier molecular flexibility index (Phi) is 5.39. The lowest BCUT2D eigenvalue weighted by molar-refractivity contribution is 0.295. The Hall–Kier alpha value is -2.01. The molecule has 1 aliphatic heterocycles. The lowest BCUT2D eigenvalue weighted by Crippen LogP contribution is -2.31. The SMILES string of the molecule is Cl.c1cnc2ccc(-n3ccc4c(CN5CCSCC5)cccc43)cc2c1. The molecule has 2 aromatic heterocycles. The zero-order valence-electron chi connectivity index (χ0n) is 15.0. The second-order valence-electron chi connectivity index (χ2n) is 6.80. The minimum absolute atomic E-state index is 0. The van der Waals surface area contributed by atoms with E-state index in [-0.39, 0.29) is 12.4 Å². The van der Waals surface area contributed by atoms with Crippen LogP contribution in [0.5, 0.6) is 0 Å². The van der Waals surface area contributed by atoms with Crippen molar-refractivity contribution in [1.29, 1.82) is 0 Å². The summed E-state index contributed by atoms with van der Waals surface area (Å²) in [4.78, 5) is 7.00. The molecule has 1 fully saturated rings. The van der Waals surface area contributed by atoms with E-state index in [2.05, 4.69) is 80.9 Å². The summed E-state index contributed by atoms with van der Waals surface area (Å²) in [5.41, 5.74) is 4.93. The number of halogens is 1. The van der Waals surface area contributed by atoms with Gasteiger partial charge in [0.05, 0.1) is 11.0 Å². The van der Waals surface area contributed by atoms with Gasteiger partial charge in [0.15, 0.2) is 0 Å². The Balaban J connectivity index is 0.00000180. The molecule has 0 bridgehead atoms. The van der Waals surface area contributed by atoms with Crippen LogP contribution in [0.2, 0.25) is 0 Å². The maximum absolute atomic E-state index is 4.43. The average molecular weight is 396 g/mol. The molecule has 138 valence electrons. The van der Waals surface area contributed by atoms with Gasteiger partial charge in [-0.3, -0.25) is 9.88 Å². The Labute approximate surface area is 169 Å². The lowest BCUT2D eigenvalue weighted by Gasteiger charge is -2.26. The summed E-state index contributed by atoms with van der Waals surface area (Å²) in [6.07, 6.45) is 4.04. The summed E-state index contributed by atoms with van der Waals surface area (Å²) in [5, 5.41) is 2.53. The van der Waals surface area contributed by atoms with E-state index in [0.29, 0.717) is 0 Å². The van der Waals surface area contributed by atoms with Gasteiger partial charge in [0.1, 0.15) is 0 Å². The van der Waals surface area contributed by atoms with Crippen molar-refractivity contribution in [2.75, 3.05) is 24.6 Å². The summed E-state index contributed by atoms with van der Waals surface area (Å²) >= 11 is 2.06. The first-order valence-electron chi connectivity index (χ1n) is 9.13. The molecule has 0 radical (unpaired) electrons. The molecule has 1 aliphatic rings. The van der Waals surface area contributed by atoms with Crippen molar-refractivity contribution in [2.45, 2.75) is 6.54 Å². The van der Waals surface area contributed by atoms with Crippen molar-refractivity contribution in [3.05, 3.63) is 72.6 Å². The maximum Gasteiger partial charge on any atom is 0.0703 e. The van der Waals surface area contributed by atoms with Crippen LogP contribution in [0.4, 0.5) is 0 Å². The molecular formula is C22H22ClN3S. The second-order valence-corrected chi connectivity index (χ2v) is 8.03. The van der Waals surface area contributed by atoms with Gasteiger partial charge in [-0.1, -0.05) is 18.2 Å². The fraction of sp³-hybridized carbons (Fsp3) is 0.227. The van der Waals surface area contributed by atoms with Gasteiger partial charge in [0.25, 0.3) is 0 Å². The third-order valence-electron chi connectivity index (χ3n) is 5.19. The summed E-state index contributed by atoms with van der Waals surface area (Å²) in [6, 6.07) is 19.5. The summed E-state index contributed by atoms with van der Waals surface area (Å²) in [5.74, 6) is 2.50. The van der Waals surface area contributed by atoms with Crippen molar-refractivity contribution in [1.82, 2.24) is 14.5 Å². The normalized spacial score (nSPS) is 15.1. The standard InChI is InChI=1S/C22H21N3S.ClH/c1-3-18(16-24-11-13-26-14-12-24)20-8-10-25(22(20)5-1)19-6-7-21-17(15-19)4-2-9-23-21;/h1-10,15H,11-14,16H2;1H. The molecule has 5 rings (SSSR count). The van der Waals surface area contributed by atoms with E-state index in [4.69, 9.17) is 0 Å². The monoisotopic (exact) mass is 395 g/mol. The Morgan fingerprint density at radius 3 is 2.74 bits per heavy atom. The number of fused-ring (bicyclic) bond motifs is 2. The predicted molar refractivity (Wildman–Crippen MR) is 118 cm³/mol. The quantitative estimate of drug-likeness (QED) is 0.478. The zero-order valence-corrected chi connectivity index (χ0v) is 16.7. The topological polar surface area (TPSA) is 21.1 Å². The van der Waals surface area contributed by atoms with Crippen LogP contribution in [0.15, 0.2) is 67.0 Å². The largest absolute Gasteiger partial charge is 0.317 e. The summed E-state index contributed by atoms with van der Waals surface area (Å²) in [6.45, 7) is 3.43. The lowest BCUT2D eigenvalue weighted by atomic mass is 10.1. The highest BCUT2D eigenvalue weighted by Gasteiger charge is 2.13. The molecule has 3 nitrogen and oxygen atoms in total. The number of pyridine rings is 1. The van der Waals surface area contributed by atoms with Crippen molar-refractivity contribution >= 4 is 46.0 Å². The number of hydrogen-bond acceptors (Lipinski definition) is 3. The smallest absolute Gasteiger partial charge is 0.0703 e. The van der Waals surface area contributed by atoms with Crippen LogP contribution in [0.1, 0.15) is 5.56 Å². The number of aromatic nitrogens is 2. The van der Waals surface area contributed by atoms with Crippen molar-refractivity contribution < 1.29 is 0 Å². The molecule has 0 N–H and O–H groups in total. The molecule has 5 heteroatoms. The summed E-state index contributed by atoms with van der Waals surface area (Å²) < 4.78 is 2.29. The van der Waals surface area contributed by atoms with E-state index in [9.17, 15) is 0 Å². The molecule has 0 saturated carbocycles. The molecule has 3 heterocycles. The molecule has 0 atom stereocenters. The zero-order chi connectivity index (χ0) is 17.3. The first-order chi connectivity index (χ1) is 12.9. The highest BCUT2D eigenvalue weighted by Crippen LogP contribution is 2.26. The van der Waals surface area contributed by atoms with Gasteiger partial charge in [-0.15, -0.1) is 12.4 Å². The highest BCUT2D eigenvalue weighted by atomic mass is 35.5. The van der Waals surface area contributed by atoms with E-state index >= 15 is 0 Å². The Morgan fingerprint density at radius 2 is 1.85 bits per heavy atom. The number of hydrogen-bond donors (Lipinski definition) is 0. The Morgan fingerprint density at radius 1 is 0.963 bits per heavy atom. The Bertz CT molecular complexity index is 1070. The molecule has 2 aromatic carbocycles. The molecule has 0 spiro atoms. The van der Waals surface area contributed by atoms with Crippen molar-refractivity contribution in [3.8, 4) is 5.69 Å². The number of nitrogens with zero attached hydrogens (tertiary/aromatic N) is 3. The first kappa shape index (κ1) is 18.4. The van der Waals surface area contributed by atoms with Crippen LogP contribution in [0.3, 0.4) is 0 Å². The number of benzene rings is 2. The van der Waals surface area contributed by atoms with Crippen LogP contribution in [0, 0.1) is 0 Å². The third-order valence-corrected chi connectivity index (χ3v) is 6.13. The van der Waals surface area contributed by atoms with Crippen LogP contribution in [-0.4, -0.2) is 39.0 Å². The predicted octanol–water partition coefficient (Wildman–Crippen LogP) is 5.15. The van der Waals surface area contributed by atoms with Crippen molar-refractivity contribution in [2.24, 2.45) is 0 Å². The van der Waals surface area contributed by atoms with Crippen LogP contribution < -0.4 is 0 Å². The van der Waals surface area contributed by atoms with E-state index in [1.54, 1.807) is 0 Å². The van der Waals surface area contributed by atoms with Gasteiger partial charge in [-0.2, -0.15) is 11.8 Å². The minimum atomic E-state index is 0. The molecule has 0 unspecified atom stereocenters. The van der Waals surface area contributed by atoms with Crippen LogP contribution >= 0.6 is 24.2 Å². The molecule has 27 heavy (non-hydrogen) atoms. The van der Waals surface area contributed by atoms with E-state index in [1.165, 1.54) is 52.1 Å². The van der Waals surface area contributed by atoms with Gasteiger partial charge in [0, 0.05) is 60.0 Å². The van der Waals surface area contributed by atoms with Crippen molar-refractivity contribution in [3.63, 3.8) is 0 Å². The third kappa shape index (κ3) is 3.57. The average Bonchev–Trinajstić information content (AvgIpc) is 3.14. The fourth-order valence-corrected chi connectivity index (χ4v) is 4.79. The van der Waals surface area contributed by atoms with Gasteiger partial charge in [-0.25, -0.2) is 0 Å². The molecule has 4 aromatic rings. The molecule has 1 saturated heterocycles. The highest BCUT2D eigenvalue weighted by molar-refractivity contribution is 7.99. The molecular weight excluding hydrogens is 374 g/mol. The fourth-order valence-electron chi connectivity index (χ4n) is 3.81.